The summed E-state index contributed by atoms with van der Waals surface area (Å²) in [5.41, 5.74) is 2.84. The zero-order valence-corrected chi connectivity index (χ0v) is 5.05. The van der Waals surface area contributed by atoms with Crippen LogP contribution < -0.4 is 5.48 Å². The summed E-state index contributed by atoms with van der Waals surface area (Å²) in [7, 11) is 0. The fourth-order valence-electron chi connectivity index (χ4n) is 0.320. The fraction of sp³-hybridized carbons (Fsp3) is 0. The van der Waals surface area contributed by atoms with Crippen LogP contribution in [0.4, 0.5) is 0 Å². The number of amides is 1. The highest BCUT2D eigenvalue weighted by atomic mass is 32.1. The molecule has 48 valence electrons. The summed E-state index contributed by atoms with van der Waals surface area (Å²) in [6.45, 7) is 0. The number of hydroxylamine groups is 1. The molecule has 0 aliphatic rings. The number of rotatable bonds is 1. The van der Waals surface area contributed by atoms with E-state index in [9.17, 15) is 4.79 Å². The Morgan fingerprint density at radius 1 is 1.89 bits per heavy atom. The van der Waals surface area contributed by atoms with E-state index in [2.05, 4.69) is 10.2 Å². The first-order valence-corrected chi connectivity index (χ1v) is 2.93. The van der Waals surface area contributed by atoms with Gasteiger partial charge in [-0.2, -0.15) is 0 Å². The lowest BCUT2D eigenvalue weighted by molar-refractivity contribution is 0.0705. The number of carbonyl (C=O) groups excluding carboxylic acids is 1. The van der Waals surface area contributed by atoms with Crippen molar-refractivity contribution in [1.82, 2.24) is 15.7 Å². The minimum Gasteiger partial charge on any atom is -0.288 e. The molecule has 0 atom stereocenters. The van der Waals surface area contributed by atoms with Crippen LogP contribution in [0.5, 0.6) is 0 Å². The number of aromatic nitrogens is 2. The Morgan fingerprint density at radius 3 is 3.11 bits per heavy atom. The van der Waals surface area contributed by atoms with Crippen LogP contribution in [0.15, 0.2) is 5.51 Å². The predicted molar refractivity (Wildman–Crippen MR) is 29.2 cm³/mol. The first-order chi connectivity index (χ1) is 4.34. The summed E-state index contributed by atoms with van der Waals surface area (Å²) in [5, 5.41) is 15.0. The van der Waals surface area contributed by atoms with Crippen LogP contribution in [0.1, 0.15) is 9.80 Å². The van der Waals surface area contributed by atoms with E-state index in [0.717, 1.165) is 11.3 Å². The van der Waals surface area contributed by atoms with Crippen LogP contribution in [-0.2, 0) is 0 Å². The molecular weight excluding hydrogens is 142 g/mol. The molecule has 1 rings (SSSR count). The fourth-order valence-corrected chi connectivity index (χ4v) is 0.761. The Labute approximate surface area is 54.3 Å². The summed E-state index contributed by atoms with van der Waals surface area (Å²) in [5.74, 6) is -0.627. The van der Waals surface area contributed by atoms with E-state index in [4.69, 9.17) is 5.21 Å². The summed E-state index contributed by atoms with van der Waals surface area (Å²) in [6, 6.07) is 0. The van der Waals surface area contributed by atoms with Crippen LogP contribution in [0.2, 0.25) is 0 Å². The molecule has 1 aromatic rings. The number of nitrogens with one attached hydrogen (secondary N) is 1. The Balaban J connectivity index is 2.77. The smallest absolute Gasteiger partial charge is 0.288 e. The molecule has 0 saturated heterocycles. The second-order valence-corrected chi connectivity index (χ2v) is 2.02. The van der Waals surface area contributed by atoms with Crippen molar-refractivity contribution in [3.8, 4) is 0 Å². The van der Waals surface area contributed by atoms with Crippen LogP contribution >= 0.6 is 11.3 Å². The maximum atomic E-state index is 10.4. The highest BCUT2D eigenvalue weighted by molar-refractivity contribution is 7.11. The van der Waals surface area contributed by atoms with Gasteiger partial charge in [0.25, 0.3) is 0 Å². The zero-order valence-electron chi connectivity index (χ0n) is 4.24. The monoisotopic (exact) mass is 145 g/mol. The van der Waals surface area contributed by atoms with Crippen molar-refractivity contribution in [3.05, 3.63) is 10.5 Å². The van der Waals surface area contributed by atoms with Gasteiger partial charge in [0.05, 0.1) is 0 Å². The predicted octanol–water partition coefficient (Wildman–Crippen LogP) is -0.343. The normalized spacial score (nSPS) is 9.00. The van der Waals surface area contributed by atoms with E-state index in [1.807, 2.05) is 0 Å². The third kappa shape index (κ3) is 1.21. The first kappa shape index (κ1) is 6.12. The van der Waals surface area contributed by atoms with Crippen molar-refractivity contribution in [3.63, 3.8) is 0 Å². The maximum absolute atomic E-state index is 10.4. The molecular formula is C3H3N3O2S. The topological polar surface area (TPSA) is 75.1 Å². The van der Waals surface area contributed by atoms with Crippen LogP contribution in [-0.4, -0.2) is 21.3 Å². The Hall–Kier alpha value is -1.01. The van der Waals surface area contributed by atoms with E-state index in [1.54, 1.807) is 0 Å². The minimum absolute atomic E-state index is 0.150. The quantitative estimate of drug-likeness (QED) is 0.418. The molecule has 0 unspecified atom stereocenters. The third-order valence-electron chi connectivity index (χ3n) is 0.656. The molecule has 0 bridgehead atoms. The lowest BCUT2D eigenvalue weighted by atomic mass is 10.7. The van der Waals surface area contributed by atoms with E-state index < -0.39 is 5.91 Å². The molecule has 9 heavy (non-hydrogen) atoms. The Kier molecular flexibility index (Phi) is 1.71. The molecule has 0 aromatic carbocycles. The number of hydrogen-bond acceptors (Lipinski definition) is 5. The van der Waals surface area contributed by atoms with E-state index in [-0.39, 0.29) is 5.01 Å². The van der Waals surface area contributed by atoms with Gasteiger partial charge in [-0.3, -0.25) is 10.0 Å². The molecule has 0 spiro atoms. The lowest BCUT2D eigenvalue weighted by Gasteiger charge is -1.86. The van der Waals surface area contributed by atoms with Gasteiger partial charge in [0.1, 0.15) is 5.51 Å². The molecule has 0 saturated carbocycles. The number of nitrogens with zero attached hydrogens (tertiary/aromatic N) is 2. The zero-order chi connectivity index (χ0) is 6.69. The molecule has 1 heterocycles. The van der Waals surface area contributed by atoms with Gasteiger partial charge in [-0.05, 0) is 0 Å². The average Bonchev–Trinajstić information content (AvgIpc) is 2.37. The SMILES string of the molecule is O=C(NO)c1nncs1. The van der Waals surface area contributed by atoms with E-state index in [0.29, 0.717) is 0 Å². The molecule has 0 radical (unpaired) electrons. The molecule has 6 heteroatoms. The van der Waals surface area contributed by atoms with Gasteiger partial charge in [0, 0.05) is 0 Å². The molecule has 1 amide bonds. The summed E-state index contributed by atoms with van der Waals surface area (Å²) in [4.78, 5) is 10.4. The van der Waals surface area contributed by atoms with Crippen molar-refractivity contribution < 1.29 is 10.0 Å². The van der Waals surface area contributed by atoms with Crippen molar-refractivity contribution in [1.29, 1.82) is 0 Å². The molecule has 5 nitrogen and oxygen atoms in total. The van der Waals surface area contributed by atoms with Crippen LogP contribution in [0.25, 0.3) is 0 Å². The van der Waals surface area contributed by atoms with E-state index in [1.165, 1.54) is 11.0 Å². The second-order valence-electron chi connectivity index (χ2n) is 1.18. The van der Waals surface area contributed by atoms with Gasteiger partial charge in [0.15, 0.2) is 0 Å². The van der Waals surface area contributed by atoms with Crippen LogP contribution in [0, 0.1) is 0 Å². The summed E-state index contributed by atoms with van der Waals surface area (Å²) in [6.07, 6.45) is 0. The second kappa shape index (κ2) is 2.51. The van der Waals surface area contributed by atoms with Gasteiger partial charge in [-0.25, -0.2) is 5.48 Å². The minimum atomic E-state index is -0.627. The van der Waals surface area contributed by atoms with Gasteiger partial charge < -0.3 is 0 Å². The lowest BCUT2D eigenvalue weighted by Crippen LogP contribution is -2.18. The molecule has 0 aliphatic carbocycles. The number of hydrogen-bond donors (Lipinski definition) is 2. The maximum Gasteiger partial charge on any atom is 0.305 e. The van der Waals surface area contributed by atoms with Gasteiger partial charge in [0.2, 0.25) is 5.01 Å². The molecule has 0 aliphatic heterocycles. The van der Waals surface area contributed by atoms with Crippen molar-refractivity contribution in [2.24, 2.45) is 0 Å². The summed E-state index contributed by atoms with van der Waals surface area (Å²) < 4.78 is 0. The van der Waals surface area contributed by atoms with Crippen molar-refractivity contribution in [2.45, 2.75) is 0 Å². The van der Waals surface area contributed by atoms with Crippen molar-refractivity contribution in [2.75, 3.05) is 0 Å². The molecule has 1 aromatic heterocycles. The standard InChI is InChI=1S/C3H3N3O2S/c7-2(6-8)3-5-4-1-9-3/h1,8H,(H,6,7). The average molecular weight is 145 g/mol. The first-order valence-electron chi connectivity index (χ1n) is 2.05. The van der Waals surface area contributed by atoms with Gasteiger partial charge >= 0.3 is 5.91 Å². The number of carbonyl (C=O) groups is 1. The molecule has 0 fully saturated rings. The highest BCUT2D eigenvalue weighted by Crippen LogP contribution is 1.98. The van der Waals surface area contributed by atoms with Crippen molar-refractivity contribution >= 4 is 17.2 Å². The van der Waals surface area contributed by atoms with Gasteiger partial charge in [-0.15, -0.1) is 10.2 Å². The van der Waals surface area contributed by atoms with Gasteiger partial charge in [-0.1, -0.05) is 11.3 Å². The Morgan fingerprint density at radius 2 is 2.67 bits per heavy atom. The third-order valence-corrected chi connectivity index (χ3v) is 1.35. The molecule has 2 N–H and O–H groups in total. The van der Waals surface area contributed by atoms with E-state index >= 15 is 0 Å². The highest BCUT2D eigenvalue weighted by Gasteiger charge is 2.05. The summed E-state index contributed by atoms with van der Waals surface area (Å²) >= 11 is 1.06. The van der Waals surface area contributed by atoms with Crippen LogP contribution in [0.3, 0.4) is 0 Å². The Bertz CT molecular complexity index is 197. The largest absolute Gasteiger partial charge is 0.305 e.